The molecule has 0 fully saturated rings. The zero-order valence-corrected chi connectivity index (χ0v) is 9.50. The molecular weight excluding hydrogens is 168 g/mol. The minimum Gasteiger partial charge on any atom is -1.00 e. The van der Waals surface area contributed by atoms with Crippen LogP contribution in [0.3, 0.4) is 0 Å². The summed E-state index contributed by atoms with van der Waals surface area (Å²) in [6.07, 6.45) is 5.46. The van der Waals surface area contributed by atoms with Crippen LogP contribution in [0.5, 0.6) is 0 Å². The summed E-state index contributed by atoms with van der Waals surface area (Å²) in [6.45, 7) is 5.88. The average molecular weight is 183 g/mol. The molecule has 0 aromatic carbocycles. The molecule has 0 aliphatic carbocycles. The largest absolute Gasteiger partial charge is 2.00 e. The maximum atomic E-state index is 3.70. The Hall–Kier alpha value is 0.616. The van der Waals surface area contributed by atoms with Crippen molar-refractivity contribution in [1.29, 1.82) is 0 Å². The van der Waals surface area contributed by atoms with Crippen LogP contribution < -0.4 is 12.4 Å². The van der Waals surface area contributed by atoms with Crippen molar-refractivity contribution in [3.05, 3.63) is 6.92 Å². The van der Waals surface area contributed by atoms with Crippen molar-refractivity contribution in [3.63, 3.8) is 0 Å². The van der Waals surface area contributed by atoms with E-state index in [-0.39, 0.29) is 35.5 Å². The van der Waals surface area contributed by atoms with Crippen LogP contribution in [0.4, 0.5) is 0 Å². The minimum absolute atomic E-state index is 0. The molecule has 0 aliphatic heterocycles. The molecule has 0 bridgehead atoms. The molecular formula is C9H15ClMg. The summed E-state index contributed by atoms with van der Waals surface area (Å²) < 4.78 is 0. The standard InChI is InChI=1S/C9H15.ClH.Mg/c1-3-5-7-9-8-6-4-2;;/h1,3-6,8H2,2H3;1H;/q-1;;+2/p-1. The molecule has 11 heavy (non-hydrogen) atoms. The zero-order chi connectivity index (χ0) is 6.95. The van der Waals surface area contributed by atoms with Gasteiger partial charge >= 0.3 is 23.1 Å². The molecule has 0 amide bonds. The van der Waals surface area contributed by atoms with Crippen LogP contribution >= 0.6 is 0 Å². The van der Waals surface area contributed by atoms with Gasteiger partial charge < -0.3 is 19.3 Å². The molecule has 0 atom stereocenters. The van der Waals surface area contributed by atoms with E-state index in [0.29, 0.717) is 0 Å². The normalized spacial score (nSPS) is 6.73. The fourth-order valence-corrected chi connectivity index (χ4v) is 0.530. The van der Waals surface area contributed by atoms with Gasteiger partial charge in [-0.15, -0.1) is 11.8 Å². The van der Waals surface area contributed by atoms with Gasteiger partial charge in [-0.25, -0.2) is 0 Å². The number of hydrogen-bond acceptors (Lipinski definition) is 0. The van der Waals surface area contributed by atoms with Gasteiger partial charge in [0.25, 0.3) is 0 Å². The van der Waals surface area contributed by atoms with Gasteiger partial charge in [0.05, 0.1) is 0 Å². The fourth-order valence-electron chi connectivity index (χ4n) is 0.530. The molecule has 60 valence electrons. The Balaban J connectivity index is -0.000000320. The van der Waals surface area contributed by atoms with Crippen LogP contribution in [-0.4, -0.2) is 23.1 Å². The zero-order valence-electron chi connectivity index (χ0n) is 7.33. The molecule has 0 aromatic rings. The van der Waals surface area contributed by atoms with Crippen molar-refractivity contribution in [2.24, 2.45) is 0 Å². The van der Waals surface area contributed by atoms with E-state index in [1.54, 1.807) is 0 Å². The van der Waals surface area contributed by atoms with Crippen LogP contribution in [0.1, 0.15) is 39.0 Å². The SMILES string of the molecule is [CH2-]CCC#CCCCC.[Cl-].[Mg+2]. The van der Waals surface area contributed by atoms with Crippen LogP contribution in [0.25, 0.3) is 0 Å². The molecule has 0 unspecified atom stereocenters. The quantitative estimate of drug-likeness (QED) is 0.237. The van der Waals surface area contributed by atoms with Crippen molar-refractivity contribution in [3.8, 4) is 11.8 Å². The summed E-state index contributed by atoms with van der Waals surface area (Å²) in [5.41, 5.74) is 0. The first kappa shape index (κ1) is 17.6. The van der Waals surface area contributed by atoms with Gasteiger partial charge in [0.1, 0.15) is 0 Å². The first-order valence-corrected chi connectivity index (χ1v) is 3.66. The number of unbranched alkanes of at least 4 members (excludes halogenated alkanes) is 3. The van der Waals surface area contributed by atoms with Gasteiger partial charge in [-0.2, -0.15) is 6.42 Å². The molecule has 0 aliphatic rings. The Bertz CT molecular complexity index is 102. The number of halogens is 1. The summed E-state index contributed by atoms with van der Waals surface area (Å²) in [5, 5.41) is 0. The number of rotatable bonds is 3. The fraction of sp³-hybridized carbons (Fsp3) is 0.667. The summed E-state index contributed by atoms with van der Waals surface area (Å²) >= 11 is 0. The van der Waals surface area contributed by atoms with Crippen LogP contribution in [0, 0.1) is 18.8 Å². The van der Waals surface area contributed by atoms with E-state index in [2.05, 4.69) is 25.7 Å². The summed E-state index contributed by atoms with van der Waals surface area (Å²) in [4.78, 5) is 0. The molecule has 0 N–H and O–H groups in total. The molecule has 0 radical (unpaired) electrons. The second-order valence-corrected chi connectivity index (χ2v) is 2.06. The molecule has 0 spiro atoms. The van der Waals surface area contributed by atoms with Gasteiger partial charge in [0.15, 0.2) is 0 Å². The molecule has 2 heteroatoms. The van der Waals surface area contributed by atoms with Crippen molar-refractivity contribution >= 4 is 23.1 Å². The Morgan fingerprint density at radius 3 is 2.18 bits per heavy atom. The Morgan fingerprint density at radius 2 is 1.73 bits per heavy atom. The summed E-state index contributed by atoms with van der Waals surface area (Å²) in [6, 6.07) is 0. The van der Waals surface area contributed by atoms with Crippen molar-refractivity contribution in [2.75, 3.05) is 0 Å². The predicted octanol–water partition coefficient (Wildman–Crippen LogP) is -0.583. The monoisotopic (exact) mass is 182 g/mol. The average Bonchev–Trinajstić information content (AvgIpc) is 1.89. The van der Waals surface area contributed by atoms with Crippen LogP contribution in [0.2, 0.25) is 0 Å². The molecule has 0 heterocycles. The van der Waals surface area contributed by atoms with Gasteiger partial charge in [-0.3, -0.25) is 0 Å². The second kappa shape index (κ2) is 16.9. The van der Waals surface area contributed by atoms with E-state index >= 15 is 0 Å². The van der Waals surface area contributed by atoms with E-state index in [0.717, 1.165) is 19.3 Å². The Kier molecular flexibility index (Phi) is 27.1. The van der Waals surface area contributed by atoms with Gasteiger partial charge in [-0.05, 0) is 12.8 Å². The van der Waals surface area contributed by atoms with E-state index in [1.165, 1.54) is 12.8 Å². The smallest absolute Gasteiger partial charge is 1.00 e. The maximum absolute atomic E-state index is 3.70. The van der Waals surface area contributed by atoms with E-state index in [1.807, 2.05) is 0 Å². The first-order valence-electron chi connectivity index (χ1n) is 3.66. The molecule has 0 nitrogen and oxygen atoms in total. The van der Waals surface area contributed by atoms with Crippen molar-refractivity contribution in [2.45, 2.75) is 39.0 Å². The Morgan fingerprint density at radius 1 is 1.18 bits per heavy atom. The molecule has 0 saturated heterocycles. The summed E-state index contributed by atoms with van der Waals surface area (Å²) in [5.74, 6) is 6.15. The van der Waals surface area contributed by atoms with Gasteiger partial charge in [-0.1, -0.05) is 13.3 Å². The van der Waals surface area contributed by atoms with Gasteiger partial charge in [0, 0.05) is 6.42 Å². The third-order valence-electron chi connectivity index (χ3n) is 1.08. The van der Waals surface area contributed by atoms with Crippen molar-refractivity contribution in [1.82, 2.24) is 0 Å². The minimum atomic E-state index is 0. The van der Waals surface area contributed by atoms with E-state index in [4.69, 9.17) is 0 Å². The molecule has 0 rings (SSSR count). The van der Waals surface area contributed by atoms with Crippen molar-refractivity contribution < 1.29 is 12.4 Å². The summed E-state index contributed by atoms with van der Waals surface area (Å²) in [7, 11) is 0. The second-order valence-electron chi connectivity index (χ2n) is 2.06. The van der Waals surface area contributed by atoms with E-state index in [9.17, 15) is 0 Å². The first-order chi connectivity index (χ1) is 4.41. The maximum Gasteiger partial charge on any atom is 2.00 e. The topological polar surface area (TPSA) is 0 Å². The Labute approximate surface area is 93.1 Å². The van der Waals surface area contributed by atoms with Gasteiger partial charge in [0.2, 0.25) is 0 Å². The van der Waals surface area contributed by atoms with E-state index < -0.39 is 0 Å². The van der Waals surface area contributed by atoms with Crippen LogP contribution in [0.15, 0.2) is 0 Å². The molecule has 0 saturated carbocycles. The third-order valence-corrected chi connectivity index (χ3v) is 1.08. The predicted molar refractivity (Wildman–Crippen MR) is 47.6 cm³/mol. The third kappa shape index (κ3) is 18.0. The van der Waals surface area contributed by atoms with Crippen LogP contribution in [-0.2, 0) is 0 Å². The number of hydrogen-bond donors (Lipinski definition) is 0. The molecule has 0 aromatic heterocycles.